The highest BCUT2D eigenvalue weighted by molar-refractivity contribution is 6.20. The molecule has 1 atom stereocenters. The lowest BCUT2D eigenvalue weighted by molar-refractivity contribution is -0.141. The van der Waals surface area contributed by atoms with E-state index in [2.05, 4.69) is 0 Å². The molecule has 0 spiro atoms. The molecule has 4 rings (SSSR count). The molecular weight excluding hydrogens is 477 g/mol. The molecule has 0 bridgehead atoms. The Balaban J connectivity index is 1.82. The summed E-state index contributed by atoms with van der Waals surface area (Å²) in [4.78, 5) is 28.1. The van der Waals surface area contributed by atoms with Crippen LogP contribution >= 0.6 is 11.6 Å². The fourth-order valence-electron chi connectivity index (χ4n) is 4.15. The molecule has 0 radical (unpaired) electrons. The Morgan fingerprint density at radius 2 is 1.97 bits per heavy atom. The summed E-state index contributed by atoms with van der Waals surface area (Å²) in [7, 11) is 1.52. The summed E-state index contributed by atoms with van der Waals surface area (Å²) < 4.78 is 45.7. The van der Waals surface area contributed by atoms with Crippen molar-refractivity contribution >= 4 is 46.1 Å². The van der Waals surface area contributed by atoms with Gasteiger partial charge in [-0.15, -0.1) is 11.6 Å². The van der Waals surface area contributed by atoms with Crippen LogP contribution in [0.2, 0.25) is 0 Å². The van der Waals surface area contributed by atoms with Crippen molar-refractivity contribution in [3.8, 4) is 11.5 Å². The molecule has 1 amide bonds. The molecule has 0 saturated carbocycles. The Morgan fingerprint density at radius 1 is 1.29 bits per heavy atom. The molecule has 2 heterocycles. The first kappa shape index (κ1) is 23.5. The van der Waals surface area contributed by atoms with E-state index in [9.17, 15) is 33.0 Å². The van der Waals surface area contributed by atoms with Crippen LogP contribution in [-0.2, 0) is 11.0 Å². The number of carbonyl (C=O) groups is 2. The maximum Gasteiger partial charge on any atom is 0.432 e. The molecule has 3 aromatic rings. The van der Waals surface area contributed by atoms with Crippen molar-refractivity contribution in [1.29, 1.82) is 0 Å². The monoisotopic (exact) mass is 494 g/mol. The van der Waals surface area contributed by atoms with Gasteiger partial charge in [0.15, 0.2) is 0 Å². The van der Waals surface area contributed by atoms with Gasteiger partial charge < -0.3 is 24.8 Å². The van der Waals surface area contributed by atoms with Crippen molar-refractivity contribution in [3.05, 3.63) is 58.8 Å². The minimum absolute atomic E-state index is 0.00869. The van der Waals surface area contributed by atoms with Gasteiger partial charge in [0, 0.05) is 35.9 Å². The average Bonchev–Trinajstić information content (AvgIpc) is 3.37. The second-order valence-electron chi connectivity index (χ2n) is 7.66. The number of ether oxygens (including phenoxy) is 1. The molecule has 3 N–H and O–H groups in total. The third kappa shape index (κ3) is 3.94. The number of amides is 1. The topological polar surface area (TPSA) is 103 Å². The number of hydrogen-bond donors (Lipinski definition) is 3. The van der Waals surface area contributed by atoms with Crippen molar-refractivity contribution in [1.82, 2.24) is 4.98 Å². The molecule has 0 unspecified atom stereocenters. The van der Waals surface area contributed by atoms with E-state index in [4.69, 9.17) is 16.3 Å². The molecule has 7 nitrogen and oxygen atoms in total. The SMILES string of the molecule is COc1ccc(C=CC(=O)N2C[C@@H](CCl)c3c2cc(O)c2[nH]c(C(F)(F)F)c(C(=O)O)c32)cc1. The standard InChI is InChI=1S/C23H18ClF3N2O5/c1-34-13-5-2-11(3-6-13)4-7-16(31)29-10-12(9-24)17-14(29)8-15(30)20-18(17)19(22(32)33)21(28-20)23(25,26)27/h2-8,12,28,30H,9-10H2,1H3,(H,32,33)/t12-/m1/s1. The van der Waals surface area contributed by atoms with Crippen LogP contribution in [0.5, 0.6) is 11.5 Å². The van der Waals surface area contributed by atoms with E-state index in [0.717, 1.165) is 6.07 Å². The Bertz CT molecular complexity index is 1320. The number of anilines is 1. The van der Waals surface area contributed by atoms with Crippen LogP contribution in [0.15, 0.2) is 36.4 Å². The smallest absolute Gasteiger partial charge is 0.432 e. The number of H-pyrrole nitrogens is 1. The van der Waals surface area contributed by atoms with Crippen molar-refractivity contribution in [2.24, 2.45) is 0 Å². The third-order valence-corrected chi connectivity index (χ3v) is 6.03. The highest BCUT2D eigenvalue weighted by Gasteiger charge is 2.43. The van der Waals surface area contributed by atoms with E-state index >= 15 is 0 Å². The zero-order valence-electron chi connectivity index (χ0n) is 17.6. The maximum absolute atomic E-state index is 13.5. The van der Waals surface area contributed by atoms with Crippen LogP contribution in [0, 0.1) is 0 Å². The van der Waals surface area contributed by atoms with Crippen LogP contribution in [0.25, 0.3) is 17.0 Å². The number of nitrogens with zero attached hydrogens (tertiary/aromatic N) is 1. The first-order chi connectivity index (χ1) is 16.1. The van der Waals surface area contributed by atoms with Gasteiger partial charge in [0.1, 0.15) is 17.2 Å². The van der Waals surface area contributed by atoms with Gasteiger partial charge in [-0.3, -0.25) is 4.79 Å². The maximum atomic E-state index is 13.5. The number of rotatable bonds is 5. The number of fused-ring (bicyclic) bond motifs is 3. The number of benzene rings is 2. The van der Waals surface area contributed by atoms with Crippen LogP contribution < -0.4 is 9.64 Å². The Hall–Kier alpha value is -3.66. The first-order valence-corrected chi connectivity index (χ1v) is 10.5. The summed E-state index contributed by atoms with van der Waals surface area (Å²) in [5.74, 6) is -3.02. The highest BCUT2D eigenvalue weighted by atomic mass is 35.5. The normalized spacial score (nSPS) is 15.8. The van der Waals surface area contributed by atoms with Crippen LogP contribution in [0.1, 0.15) is 33.1 Å². The minimum Gasteiger partial charge on any atom is -0.506 e. The van der Waals surface area contributed by atoms with Crippen molar-refractivity contribution < 1.29 is 37.7 Å². The number of carboxylic acid groups (broad SMARTS) is 1. The number of aromatic nitrogens is 1. The van der Waals surface area contributed by atoms with E-state index in [1.807, 2.05) is 4.98 Å². The largest absolute Gasteiger partial charge is 0.506 e. The summed E-state index contributed by atoms with van der Waals surface area (Å²) in [6, 6.07) is 8.03. The average molecular weight is 495 g/mol. The summed E-state index contributed by atoms with van der Waals surface area (Å²) in [6.45, 7) is 0.00869. The van der Waals surface area contributed by atoms with E-state index in [-0.39, 0.29) is 34.6 Å². The molecule has 11 heteroatoms. The number of carboxylic acids is 1. The van der Waals surface area contributed by atoms with Gasteiger partial charge >= 0.3 is 12.1 Å². The number of aromatic amines is 1. The van der Waals surface area contributed by atoms with E-state index in [1.165, 1.54) is 18.1 Å². The molecule has 1 aromatic heterocycles. The third-order valence-electron chi connectivity index (χ3n) is 5.66. The number of halogens is 4. The summed E-state index contributed by atoms with van der Waals surface area (Å²) >= 11 is 6.07. The fraction of sp³-hybridized carbons (Fsp3) is 0.217. The van der Waals surface area contributed by atoms with Gasteiger partial charge in [-0.25, -0.2) is 4.79 Å². The summed E-state index contributed by atoms with van der Waals surface area (Å²) in [5.41, 5.74) is -1.91. The molecule has 1 aliphatic heterocycles. The van der Waals surface area contributed by atoms with E-state index in [1.54, 1.807) is 30.3 Å². The second kappa shape index (κ2) is 8.60. The quantitative estimate of drug-likeness (QED) is 0.343. The zero-order valence-corrected chi connectivity index (χ0v) is 18.4. The van der Waals surface area contributed by atoms with Crippen molar-refractivity contribution in [2.75, 3.05) is 24.4 Å². The molecule has 178 valence electrons. The number of phenols is 1. The molecule has 1 aliphatic rings. The number of carbonyl (C=O) groups excluding carboxylic acids is 1. The van der Waals surface area contributed by atoms with Gasteiger partial charge in [-0.1, -0.05) is 12.1 Å². The number of nitrogens with one attached hydrogen (secondary N) is 1. The van der Waals surface area contributed by atoms with Gasteiger partial charge in [0.05, 0.1) is 23.9 Å². The number of aromatic hydroxyl groups is 1. The lowest BCUT2D eigenvalue weighted by atomic mass is 9.95. The number of aromatic carboxylic acids is 1. The Labute approximate surface area is 196 Å². The van der Waals surface area contributed by atoms with Crippen molar-refractivity contribution in [3.63, 3.8) is 0 Å². The van der Waals surface area contributed by atoms with Gasteiger partial charge in [0.2, 0.25) is 0 Å². The van der Waals surface area contributed by atoms with E-state index < -0.39 is 41.0 Å². The zero-order chi connectivity index (χ0) is 24.8. The molecular formula is C23H18ClF3N2O5. The van der Waals surface area contributed by atoms with Crippen LogP contribution in [-0.4, -0.2) is 46.6 Å². The summed E-state index contributed by atoms with van der Waals surface area (Å²) in [5, 5.41) is 19.7. The molecule has 0 fully saturated rings. The highest BCUT2D eigenvalue weighted by Crippen LogP contribution is 2.48. The number of phenolic OH excluding ortho intramolecular Hbond substituents is 1. The Morgan fingerprint density at radius 3 is 2.53 bits per heavy atom. The van der Waals surface area contributed by atoms with E-state index in [0.29, 0.717) is 11.3 Å². The van der Waals surface area contributed by atoms with Gasteiger partial charge in [0.25, 0.3) is 5.91 Å². The van der Waals surface area contributed by atoms with Gasteiger partial charge in [-0.05, 0) is 29.3 Å². The second-order valence-corrected chi connectivity index (χ2v) is 7.97. The number of methoxy groups -OCH3 is 1. The molecule has 0 aliphatic carbocycles. The predicted octanol–water partition coefficient (Wildman–Crippen LogP) is 4.98. The summed E-state index contributed by atoms with van der Waals surface area (Å²) in [6.07, 6.45) is -2.17. The molecule has 2 aromatic carbocycles. The predicted molar refractivity (Wildman–Crippen MR) is 120 cm³/mol. The molecule has 0 saturated heterocycles. The molecule has 34 heavy (non-hydrogen) atoms. The number of alkyl halides is 4. The van der Waals surface area contributed by atoms with Crippen LogP contribution in [0.4, 0.5) is 18.9 Å². The lowest BCUT2D eigenvalue weighted by Crippen LogP contribution is -2.28. The fourth-order valence-corrected chi connectivity index (χ4v) is 4.40. The van der Waals surface area contributed by atoms with Gasteiger partial charge in [-0.2, -0.15) is 13.2 Å². The lowest BCUT2D eigenvalue weighted by Gasteiger charge is -2.16. The Kier molecular flexibility index (Phi) is 5.94. The minimum atomic E-state index is -5.00. The van der Waals surface area contributed by atoms with Crippen LogP contribution in [0.3, 0.4) is 0 Å². The van der Waals surface area contributed by atoms with Crippen molar-refractivity contribution in [2.45, 2.75) is 12.1 Å². The first-order valence-electron chi connectivity index (χ1n) is 9.98. The number of hydrogen-bond acceptors (Lipinski definition) is 4.